The fraction of sp³-hybridized carbons (Fsp3) is 0.273. The molecule has 0 spiro atoms. The molecule has 0 aliphatic carbocycles. The Morgan fingerprint density at radius 1 is 1.42 bits per heavy atom. The number of anilines is 1. The number of carbonyl (C=O) groups excluding carboxylic acids is 1. The van der Waals surface area contributed by atoms with Crippen LogP contribution >= 0.6 is 23.1 Å². The summed E-state index contributed by atoms with van der Waals surface area (Å²) in [4.78, 5) is 32.0. The van der Waals surface area contributed by atoms with Gasteiger partial charge in [0.2, 0.25) is 5.91 Å². The predicted octanol–water partition coefficient (Wildman–Crippen LogP) is 1.06. The van der Waals surface area contributed by atoms with Crippen molar-refractivity contribution in [1.82, 2.24) is 14.5 Å². The van der Waals surface area contributed by atoms with E-state index in [0.29, 0.717) is 22.6 Å². The first-order valence-electron chi connectivity index (χ1n) is 5.63. The number of nitrogens with one attached hydrogen (secondary N) is 1. The Hall–Kier alpha value is -1.67. The molecule has 0 saturated carbocycles. The second kappa shape index (κ2) is 5.14. The van der Waals surface area contributed by atoms with Gasteiger partial charge in [-0.05, 0) is 0 Å². The van der Waals surface area contributed by atoms with Crippen molar-refractivity contribution in [2.45, 2.75) is 11.7 Å². The Morgan fingerprint density at radius 3 is 3.11 bits per heavy atom. The molecule has 6 nitrogen and oxygen atoms in total. The van der Waals surface area contributed by atoms with Crippen LogP contribution < -0.4 is 10.9 Å². The normalized spacial score (nSPS) is 17.8. The van der Waals surface area contributed by atoms with Crippen molar-refractivity contribution in [2.75, 3.05) is 11.1 Å². The number of nitrogens with zero attached hydrogens (tertiary/aromatic N) is 3. The van der Waals surface area contributed by atoms with Crippen molar-refractivity contribution in [2.24, 2.45) is 5.92 Å². The maximum Gasteiger partial charge on any atom is 0.254 e. The standard InChI is InChI=1S/C11H10N4O2S2/c16-8-1-2-13-11-15(8)5-7(6-19-11)9(17)14-10-12-3-4-18-10/h1-4,7H,5-6H2,(H,12,14,17)/t7-/m0/s1. The highest BCUT2D eigenvalue weighted by Crippen LogP contribution is 2.25. The van der Waals surface area contributed by atoms with Gasteiger partial charge in [0.25, 0.3) is 5.56 Å². The topological polar surface area (TPSA) is 76.9 Å². The smallest absolute Gasteiger partial charge is 0.254 e. The fourth-order valence-corrected chi connectivity index (χ4v) is 3.40. The molecule has 0 aromatic carbocycles. The molecule has 1 aliphatic rings. The van der Waals surface area contributed by atoms with Gasteiger partial charge in [-0.1, -0.05) is 11.8 Å². The average Bonchev–Trinajstić information content (AvgIpc) is 2.92. The molecule has 2 aromatic rings. The minimum absolute atomic E-state index is 0.108. The van der Waals surface area contributed by atoms with Crippen LogP contribution in [0.15, 0.2) is 33.8 Å². The first kappa shape index (κ1) is 12.4. The van der Waals surface area contributed by atoms with Crippen LogP contribution in [0.4, 0.5) is 5.13 Å². The van der Waals surface area contributed by atoms with Gasteiger partial charge in [0, 0.05) is 36.1 Å². The van der Waals surface area contributed by atoms with E-state index in [9.17, 15) is 9.59 Å². The average molecular weight is 294 g/mol. The molecule has 1 amide bonds. The molecule has 3 heterocycles. The van der Waals surface area contributed by atoms with Crippen molar-refractivity contribution in [1.29, 1.82) is 0 Å². The third-order valence-corrected chi connectivity index (χ3v) is 4.59. The highest BCUT2D eigenvalue weighted by Gasteiger charge is 2.26. The van der Waals surface area contributed by atoms with Gasteiger partial charge < -0.3 is 5.32 Å². The van der Waals surface area contributed by atoms with E-state index in [-0.39, 0.29) is 17.4 Å². The first-order valence-corrected chi connectivity index (χ1v) is 7.49. The molecule has 0 bridgehead atoms. The predicted molar refractivity (Wildman–Crippen MR) is 73.5 cm³/mol. The number of amides is 1. The number of aromatic nitrogens is 3. The van der Waals surface area contributed by atoms with Gasteiger partial charge >= 0.3 is 0 Å². The van der Waals surface area contributed by atoms with Gasteiger partial charge in [-0.25, -0.2) is 9.97 Å². The third kappa shape index (κ3) is 2.54. The van der Waals surface area contributed by atoms with Crippen molar-refractivity contribution < 1.29 is 4.79 Å². The second-order valence-electron chi connectivity index (χ2n) is 4.01. The Morgan fingerprint density at radius 2 is 2.32 bits per heavy atom. The van der Waals surface area contributed by atoms with Crippen molar-refractivity contribution in [3.63, 3.8) is 0 Å². The highest BCUT2D eigenvalue weighted by molar-refractivity contribution is 7.99. The molecular weight excluding hydrogens is 284 g/mol. The van der Waals surface area contributed by atoms with Crippen LogP contribution in [0.25, 0.3) is 0 Å². The summed E-state index contributed by atoms with van der Waals surface area (Å²) >= 11 is 2.80. The number of thioether (sulfide) groups is 1. The van der Waals surface area contributed by atoms with Crippen molar-refractivity contribution >= 4 is 34.1 Å². The van der Waals surface area contributed by atoms with Gasteiger partial charge in [-0.3, -0.25) is 14.2 Å². The number of fused-ring (bicyclic) bond motifs is 1. The zero-order valence-electron chi connectivity index (χ0n) is 9.78. The third-order valence-electron chi connectivity index (χ3n) is 2.75. The largest absolute Gasteiger partial charge is 0.302 e. The summed E-state index contributed by atoms with van der Waals surface area (Å²) in [6, 6.07) is 1.41. The SMILES string of the molecule is O=C(Nc1nccs1)[C@@H]1CSc2nccc(=O)n2C1. The van der Waals surface area contributed by atoms with Crippen LogP contribution in [0.3, 0.4) is 0 Å². The molecular formula is C11H10N4O2S2. The van der Waals surface area contributed by atoms with E-state index in [4.69, 9.17) is 0 Å². The van der Waals surface area contributed by atoms with Crippen molar-refractivity contribution in [3.8, 4) is 0 Å². The molecule has 0 radical (unpaired) electrons. The summed E-state index contributed by atoms with van der Waals surface area (Å²) in [6.07, 6.45) is 3.14. The lowest BCUT2D eigenvalue weighted by Gasteiger charge is -2.23. The van der Waals surface area contributed by atoms with Crippen LogP contribution in [-0.4, -0.2) is 26.2 Å². The monoisotopic (exact) mass is 294 g/mol. The van der Waals surface area contributed by atoms with Crippen LogP contribution in [0.2, 0.25) is 0 Å². The van der Waals surface area contributed by atoms with Gasteiger partial charge in [0.05, 0.1) is 5.92 Å². The number of rotatable bonds is 2. The minimum Gasteiger partial charge on any atom is -0.302 e. The molecule has 98 valence electrons. The van der Waals surface area contributed by atoms with E-state index < -0.39 is 0 Å². The Kier molecular flexibility index (Phi) is 3.34. The zero-order chi connectivity index (χ0) is 13.2. The van der Waals surface area contributed by atoms with E-state index >= 15 is 0 Å². The molecule has 0 fully saturated rings. The highest BCUT2D eigenvalue weighted by atomic mass is 32.2. The summed E-state index contributed by atoms with van der Waals surface area (Å²) in [7, 11) is 0. The molecule has 1 N–H and O–H groups in total. The lowest BCUT2D eigenvalue weighted by molar-refractivity contribution is -0.119. The molecule has 0 unspecified atom stereocenters. The maximum absolute atomic E-state index is 12.1. The number of thiazole rings is 1. The van der Waals surface area contributed by atoms with Gasteiger partial charge in [0.1, 0.15) is 0 Å². The zero-order valence-corrected chi connectivity index (χ0v) is 11.4. The molecule has 1 atom stereocenters. The van der Waals surface area contributed by atoms with Crippen LogP contribution in [0.5, 0.6) is 0 Å². The minimum atomic E-state index is -0.247. The quantitative estimate of drug-likeness (QED) is 0.838. The lowest BCUT2D eigenvalue weighted by atomic mass is 10.1. The number of hydrogen-bond acceptors (Lipinski definition) is 6. The van der Waals surface area contributed by atoms with E-state index in [1.165, 1.54) is 35.4 Å². The molecule has 2 aromatic heterocycles. The lowest BCUT2D eigenvalue weighted by Crippen LogP contribution is -2.36. The number of hydrogen-bond donors (Lipinski definition) is 1. The Balaban J connectivity index is 1.76. The summed E-state index contributed by atoms with van der Waals surface area (Å²) in [5, 5.41) is 5.82. The summed E-state index contributed by atoms with van der Waals surface area (Å²) in [5.74, 6) is 0.264. The van der Waals surface area contributed by atoms with Crippen molar-refractivity contribution in [3.05, 3.63) is 34.2 Å². The van der Waals surface area contributed by atoms with Crippen LogP contribution in [0.1, 0.15) is 0 Å². The Bertz CT molecular complexity index is 653. The summed E-state index contributed by atoms with van der Waals surface area (Å²) in [5.41, 5.74) is -0.121. The molecule has 3 rings (SSSR count). The molecule has 0 saturated heterocycles. The van der Waals surface area contributed by atoms with E-state index in [2.05, 4.69) is 15.3 Å². The Labute approximate surface area is 116 Å². The van der Waals surface area contributed by atoms with Gasteiger partial charge in [0.15, 0.2) is 10.3 Å². The molecule has 19 heavy (non-hydrogen) atoms. The number of carbonyl (C=O) groups is 1. The second-order valence-corrected chi connectivity index (χ2v) is 5.89. The van der Waals surface area contributed by atoms with E-state index in [1.54, 1.807) is 16.1 Å². The van der Waals surface area contributed by atoms with Crippen LogP contribution in [-0.2, 0) is 11.3 Å². The molecule has 1 aliphatic heterocycles. The summed E-state index contributed by atoms with van der Waals surface area (Å²) in [6.45, 7) is 0.367. The fourth-order valence-electron chi connectivity index (χ4n) is 1.80. The maximum atomic E-state index is 12.1. The first-order chi connectivity index (χ1) is 9.24. The summed E-state index contributed by atoms with van der Waals surface area (Å²) < 4.78 is 1.54. The van der Waals surface area contributed by atoms with Crippen LogP contribution in [0, 0.1) is 5.92 Å². The van der Waals surface area contributed by atoms with Gasteiger partial charge in [-0.2, -0.15) is 0 Å². The van der Waals surface area contributed by atoms with E-state index in [0.717, 1.165) is 0 Å². The van der Waals surface area contributed by atoms with E-state index in [1.807, 2.05) is 0 Å². The molecule has 8 heteroatoms. The van der Waals surface area contributed by atoms with Gasteiger partial charge in [-0.15, -0.1) is 11.3 Å².